The molecule has 0 bridgehead atoms. The van der Waals surface area contributed by atoms with E-state index in [-0.39, 0.29) is 11.9 Å². The maximum atomic E-state index is 7.26. The predicted octanol–water partition coefficient (Wildman–Crippen LogP) is 0.766. The summed E-state index contributed by atoms with van der Waals surface area (Å²) in [4.78, 5) is 10.4. The van der Waals surface area contributed by atoms with Crippen molar-refractivity contribution < 1.29 is 4.74 Å². The topological polar surface area (TPSA) is 88.1 Å². The van der Waals surface area contributed by atoms with Gasteiger partial charge in [0.1, 0.15) is 17.3 Å². The highest BCUT2D eigenvalue weighted by atomic mass is 16.5. The second kappa shape index (κ2) is 5.77. The molecule has 2 rings (SSSR count). The molecule has 18 heavy (non-hydrogen) atoms. The minimum atomic E-state index is -0.0627. The number of nitrogens with two attached hydrogens (primary N) is 1. The van der Waals surface area contributed by atoms with Gasteiger partial charge in [-0.1, -0.05) is 0 Å². The number of nitrogen functional groups attached to an aromatic ring is 1. The van der Waals surface area contributed by atoms with Gasteiger partial charge in [-0.15, -0.1) is 0 Å². The van der Waals surface area contributed by atoms with E-state index in [0.717, 1.165) is 31.8 Å². The molecule has 0 radical (unpaired) electrons. The Morgan fingerprint density at radius 1 is 1.50 bits per heavy atom. The molecule has 0 aromatic carbocycles. The van der Waals surface area contributed by atoms with Gasteiger partial charge in [-0.25, -0.2) is 9.97 Å². The van der Waals surface area contributed by atoms with Crippen LogP contribution in [0, 0.1) is 5.41 Å². The molecule has 0 spiro atoms. The van der Waals surface area contributed by atoms with E-state index in [9.17, 15) is 0 Å². The lowest BCUT2D eigenvalue weighted by atomic mass is 10.1. The van der Waals surface area contributed by atoms with Crippen LogP contribution in [0.1, 0.15) is 25.0 Å². The number of rotatable bonds is 4. The average Bonchev–Trinajstić information content (AvgIpc) is 2.40. The molecule has 6 heteroatoms. The Labute approximate surface area is 107 Å². The Kier molecular flexibility index (Phi) is 4.09. The van der Waals surface area contributed by atoms with Crippen molar-refractivity contribution in [1.29, 1.82) is 5.41 Å². The van der Waals surface area contributed by atoms with Crippen LogP contribution in [0.15, 0.2) is 12.4 Å². The molecule has 1 aliphatic rings. The summed E-state index contributed by atoms with van der Waals surface area (Å²) in [6.45, 7) is 1.67. The Bertz CT molecular complexity index is 399. The average molecular weight is 249 g/mol. The third-order valence-corrected chi connectivity index (χ3v) is 3.06. The predicted molar refractivity (Wildman–Crippen MR) is 69.9 cm³/mol. The first-order valence-electron chi connectivity index (χ1n) is 6.16. The highest BCUT2D eigenvalue weighted by Gasteiger charge is 2.16. The molecule has 0 aliphatic carbocycles. The van der Waals surface area contributed by atoms with E-state index < -0.39 is 0 Å². The third kappa shape index (κ3) is 3.16. The summed E-state index contributed by atoms with van der Waals surface area (Å²) in [5.74, 6) is 0.710. The summed E-state index contributed by atoms with van der Waals surface area (Å²) in [5, 5.41) is 7.26. The second-order valence-electron chi connectivity index (χ2n) is 4.54. The molecule has 1 atom stereocenters. The van der Waals surface area contributed by atoms with Crippen LogP contribution in [-0.2, 0) is 4.74 Å². The number of aromatic nitrogens is 2. The van der Waals surface area contributed by atoms with Crippen molar-refractivity contribution in [2.24, 2.45) is 5.73 Å². The van der Waals surface area contributed by atoms with Crippen molar-refractivity contribution in [2.45, 2.75) is 25.4 Å². The smallest absolute Gasteiger partial charge is 0.146 e. The van der Waals surface area contributed by atoms with Crippen LogP contribution >= 0.6 is 0 Å². The summed E-state index contributed by atoms with van der Waals surface area (Å²) in [5.41, 5.74) is 5.74. The molecule has 0 amide bonds. The molecule has 6 nitrogen and oxygen atoms in total. The molecule has 1 aliphatic heterocycles. The van der Waals surface area contributed by atoms with Gasteiger partial charge in [-0.2, -0.15) is 0 Å². The minimum Gasteiger partial charge on any atom is -0.382 e. The second-order valence-corrected chi connectivity index (χ2v) is 4.54. The standard InChI is InChI=1S/C12H19N5O/c1-17(8-9-4-2-3-5-18-9)11-7-15-10(6-16-11)12(13)14/h6-7,9H,2-5,8H2,1H3,(H3,13,14). The van der Waals surface area contributed by atoms with Gasteiger partial charge in [-0.3, -0.25) is 5.41 Å². The fourth-order valence-electron chi connectivity index (χ4n) is 2.01. The van der Waals surface area contributed by atoms with Crippen LogP contribution < -0.4 is 10.6 Å². The van der Waals surface area contributed by atoms with Crippen molar-refractivity contribution >= 4 is 11.7 Å². The van der Waals surface area contributed by atoms with Crippen LogP contribution in [0.25, 0.3) is 0 Å². The summed E-state index contributed by atoms with van der Waals surface area (Å²) in [6.07, 6.45) is 6.93. The highest BCUT2D eigenvalue weighted by molar-refractivity contribution is 5.92. The zero-order valence-electron chi connectivity index (χ0n) is 10.6. The number of hydrogen-bond acceptors (Lipinski definition) is 5. The maximum Gasteiger partial charge on any atom is 0.146 e. The van der Waals surface area contributed by atoms with Gasteiger partial charge in [0.05, 0.1) is 18.5 Å². The van der Waals surface area contributed by atoms with Crippen molar-refractivity contribution in [3.63, 3.8) is 0 Å². The summed E-state index contributed by atoms with van der Waals surface area (Å²) in [6, 6.07) is 0. The van der Waals surface area contributed by atoms with Gasteiger partial charge in [0.2, 0.25) is 0 Å². The lowest BCUT2D eigenvalue weighted by Gasteiger charge is -2.27. The Balaban J connectivity index is 1.95. The molecule has 1 aromatic rings. The van der Waals surface area contributed by atoms with Crippen molar-refractivity contribution in [1.82, 2.24) is 9.97 Å². The number of anilines is 1. The van der Waals surface area contributed by atoms with E-state index in [0.29, 0.717) is 5.69 Å². The van der Waals surface area contributed by atoms with Gasteiger partial charge in [0, 0.05) is 20.2 Å². The quantitative estimate of drug-likeness (QED) is 0.607. The fraction of sp³-hybridized carbons (Fsp3) is 0.583. The van der Waals surface area contributed by atoms with E-state index >= 15 is 0 Å². The van der Waals surface area contributed by atoms with Crippen LogP contribution in [0.5, 0.6) is 0 Å². The van der Waals surface area contributed by atoms with Crippen LogP contribution in [0.3, 0.4) is 0 Å². The zero-order valence-corrected chi connectivity index (χ0v) is 10.6. The van der Waals surface area contributed by atoms with E-state index in [1.165, 1.54) is 12.6 Å². The molecular formula is C12H19N5O. The van der Waals surface area contributed by atoms with Crippen LogP contribution in [0.2, 0.25) is 0 Å². The lowest BCUT2D eigenvalue weighted by Crippen LogP contribution is -2.33. The van der Waals surface area contributed by atoms with Gasteiger partial charge in [0.15, 0.2) is 0 Å². The first kappa shape index (κ1) is 12.8. The number of nitrogens with zero attached hydrogens (tertiary/aromatic N) is 3. The number of hydrogen-bond donors (Lipinski definition) is 2. The molecule has 0 saturated carbocycles. The van der Waals surface area contributed by atoms with E-state index in [1.807, 2.05) is 11.9 Å². The van der Waals surface area contributed by atoms with Crippen LogP contribution in [0.4, 0.5) is 5.82 Å². The molecule has 2 heterocycles. The first-order valence-corrected chi connectivity index (χ1v) is 6.16. The zero-order chi connectivity index (χ0) is 13.0. The van der Waals surface area contributed by atoms with Gasteiger partial charge in [-0.05, 0) is 19.3 Å². The molecule has 98 valence electrons. The van der Waals surface area contributed by atoms with Crippen molar-refractivity contribution in [2.75, 3.05) is 25.1 Å². The molecule has 1 fully saturated rings. The van der Waals surface area contributed by atoms with E-state index in [4.69, 9.17) is 15.9 Å². The van der Waals surface area contributed by atoms with E-state index in [1.54, 1.807) is 6.20 Å². The van der Waals surface area contributed by atoms with Crippen molar-refractivity contribution in [3.8, 4) is 0 Å². The van der Waals surface area contributed by atoms with Crippen LogP contribution in [-0.4, -0.2) is 42.1 Å². The van der Waals surface area contributed by atoms with Crippen molar-refractivity contribution in [3.05, 3.63) is 18.1 Å². The monoisotopic (exact) mass is 249 g/mol. The molecule has 3 N–H and O–H groups in total. The minimum absolute atomic E-state index is 0.0627. The Morgan fingerprint density at radius 3 is 2.89 bits per heavy atom. The maximum absolute atomic E-state index is 7.26. The lowest BCUT2D eigenvalue weighted by molar-refractivity contribution is 0.0215. The van der Waals surface area contributed by atoms with E-state index in [2.05, 4.69) is 9.97 Å². The fourth-order valence-corrected chi connectivity index (χ4v) is 2.01. The summed E-state index contributed by atoms with van der Waals surface area (Å²) in [7, 11) is 1.97. The largest absolute Gasteiger partial charge is 0.382 e. The number of likely N-dealkylation sites (N-methyl/N-ethyl adjacent to an activating group) is 1. The first-order chi connectivity index (χ1) is 8.66. The SMILES string of the molecule is CN(CC1CCCCO1)c1cnc(C(=N)N)cn1. The number of nitrogens with one attached hydrogen (secondary N) is 1. The number of amidine groups is 1. The molecule has 1 unspecified atom stereocenters. The van der Waals surface area contributed by atoms with Gasteiger partial charge >= 0.3 is 0 Å². The Morgan fingerprint density at radius 2 is 2.33 bits per heavy atom. The Hall–Kier alpha value is -1.69. The normalized spacial score (nSPS) is 19.5. The summed E-state index contributed by atoms with van der Waals surface area (Å²) >= 11 is 0. The summed E-state index contributed by atoms with van der Waals surface area (Å²) < 4.78 is 5.69. The molecule has 1 saturated heterocycles. The third-order valence-electron chi connectivity index (χ3n) is 3.06. The number of ether oxygens (including phenoxy) is 1. The van der Waals surface area contributed by atoms with Gasteiger partial charge in [0.25, 0.3) is 0 Å². The molecule has 1 aromatic heterocycles. The van der Waals surface area contributed by atoms with Gasteiger partial charge < -0.3 is 15.4 Å². The highest BCUT2D eigenvalue weighted by Crippen LogP contribution is 2.15. The molecular weight excluding hydrogens is 230 g/mol.